The lowest BCUT2D eigenvalue weighted by Crippen LogP contribution is -2.24. The summed E-state index contributed by atoms with van der Waals surface area (Å²) in [6.07, 6.45) is 4.26. The maximum Gasteiger partial charge on any atom is 0.371 e. The molecule has 1 aliphatic carbocycles. The van der Waals surface area contributed by atoms with Gasteiger partial charge in [-0.15, -0.1) is 0 Å². The van der Waals surface area contributed by atoms with Crippen LogP contribution >= 0.6 is 0 Å². The van der Waals surface area contributed by atoms with Crippen molar-refractivity contribution in [2.75, 3.05) is 0 Å². The number of benzene rings is 1. The molecule has 116 valence electrons. The lowest BCUT2D eigenvalue weighted by Gasteiger charge is -2.33. The van der Waals surface area contributed by atoms with Crippen LogP contribution in [0.4, 0.5) is 0 Å². The Labute approximate surface area is 131 Å². The molecular weight excluding hydrogens is 276 g/mol. The highest BCUT2D eigenvalue weighted by Crippen LogP contribution is 2.38. The van der Waals surface area contributed by atoms with Gasteiger partial charge in [0.2, 0.25) is 5.76 Å². The summed E-state index contributed by atoms with van der Waals surface area (Å²) in [5.41, 5.74) is 5.59. The molecule has 3 nitrogen and oxygen atoms in total. The van der Waals surface area contributed by atoms with Crippen LogP contribution in [0, 0.1) is 6.92 Å². The molecule has 1 heterocycles. The molecule has 1 N–H and O–H groups in total. The number of carboxylic acid groups (broad SMARTS) is 1. The Kier molecular flexibility index (Phi) is 3.59. The molecule has 0 aliphatic heterocycles. The van der Waals surface area contributed by atoms with E-state index in [4.69, 9.17) is 9.52 Å². The summed E-state index contributed by atoms with van der Waals surface area (Å²) in [6, 6.07) is 7.88. The van der Waals surface area contributed by atoms with Gasteiger partial charge in [-0.05, 0) is 66.0 Å². The molecule has 1 aliphatic rings. The fraction of sp³-hybridized carbons (Fsp3) is 0.421. The monoisotopic (exact) mass is 298 g/mol. The standard InChI is InChI=1S/C19H22O3/c1-12-9-13-5-4-8-19(2,3)16(13)11-14(12)10-15-6-7-17(22-15)18(20)21/h6-7,9,11H,4-5,8,10H2,1-3H3,(H,20,21). The minimum atomic E-state index is -1.02. The maximum atomic E-state index is 10.9. The van der Waals surface area contributed by atoms with Crippen LogP contribution in [-0.4, -0.2) is 11.1 Å². The molecule has 3 rings (SSSR count). The average molecular weight is 298 g/mol. The summed E-state index contributed by atoms with van der Waals surface area (Å²) in [5.74, 6) is -0.311. The molecule has 1 aromatic heterocycles. The van der Waals surface area contributed by atoms with E-state index in [1.54, 1.807) is 6.07 Å². The molecule has 0 fully saturated rings. The van der Waals surface area contributed by atoms with Crippen LogP contribution < -0.4 is 0 Å². The molecule has 0 amide bonds. The highest BCUT2D eigenvalue weighted by molar-refractivity contribution is 5.84. The van der Waals surface area contributed by atoms with Crippen LogP contribution in [0.5, 0.6) is 0 Å². The lowest BCUT2D eigenvalue weighted by atomic mass is 9.71. The van der Waals surface area contributed by atoms with E-state index in [1.807, 2.05) is 0 Å². The van der Waals surface area contributed by atoms with E-state index in [0.29, 0.717) is 12.2 Å². The van der Waals surface area contributed by atoms with Crippen molar-refractivity contribution in [3.05, 3.63) is 58.0 Å². The number of aromatic carboxylic acids is 1. The molecule has 3 heteroatoms. The molecule has 0 radical (unpaired) electrons. The van der Waals surface area contributed by atoms with Crippen LogP contribution in [0.3, 0.4) is 0 Å². The van der Waals surface area contributed by atoms with Gasteiger partial charge in [0.15, 0.2) is 0 Å². The third kappa shape index (κ3) is 2.68. The molecule has 0 saturated heterocycles. The maximum absolute atomic E-state index is 10.9. The zero-order valence-electron chi connectivity index (χ0n) is 13.4. The van der Waals surface area contributed by atoms with E-state index in [0.717, 1.165) is 6.42 Å². The number of hydrogen-bond acceptors (Lipinski definition) is 2. The van der Waals surface area contributed by atoms with Crippen molar-refractivity contribution in [3.8, 4) is 0 Å². The second-order valence-corrected chi connectivity index (χ2v) is 6.92. The van der Waals surface area contributed by atoms with Crippen molar-refractivity contribution in [1.82, 2.24) is 0 Å². The molecule has 0 bridgehead atoms. The third-order valence-corrected chi connectivity index (χ3v) is 4.78. The van der Waals surface area contributed by atoms with Gasteiger partial charge in [-0.1, -0.05) is 26.0 Å². The Balaban J connectivity index is 1.95. The van der Waals surface area contributed by atoms with Crippen molar-refractivity contribution in [2.45, 2.75) is 51.9 Å². The first-order valence-electron chi connectivity index (χ1n) is 7.82. The minimum Gasteiger partial charge on any atom is -0.475 e. The number of hydrogen-bond donors (Lipinski definition) is 1. The quantitative estimate of drug-likeness (QED) is 0.908. The smallest absolute Gasteiger partial charge is 0.371 e. The summed E-state index contributed by atoms with van der Waals surface area (Å²) in [4.78, 5) is 10.9. The number of rotatable bonds is 3. The largest absolute Gasteiger partial charge is 0.475 e. The van der Waals surface area contributed by atoms with Crippen LogP contribution in [0.25, 0.3) is 0 Å². The topological polar surface area (TPSA) is 50.4 Å². The Morgan fingerprint density at radius 3 is 2.77 bits per heavy atom. The van der Waals surface area contributed by atoms with E-state index in [2.05, 4.69) is 32.9 Å². The number of carboxylic acids is 1. The zero-order chi connectivity index (χ0) is 15.9. The summed E-state index contributed by atoms with van der Waals surface area (Å²) in [5, 5.41) is 8.95. The highest BCUT2D eigenvalue weighted by atomic mass is 16.4. The Hall–Kier alpha value is -2.03. The number of aryl methyl sites for hydroxylation is 2. The van der Waals surface area contributed by atoms with Crippen LogP contribution in [0.2, 0.25) is 0 Å². The van der Waals surface area contributed by atoms with Gasteiger partial charge in [-0.2, -0.15) is 0 Å². The van der Waals surface area contributed by atoms with E-state index < -0.39 is 5.97 Å². The average Bonchev–Trinajstić information content (AvgIpc) is 2.89. The Morgan fingerprint density at radius 2 is 2.09 bits per heavy atom. The summed E-state index contributed by atoms with van der Waals surface area (Å²) < 4.78 is 5.40. The van der Waals surface area contributed by atoms with Gasteiger partial charge in [-0.25, -0.2) is 4.79 Å². The molecule has 0 atom stereocenters. The van der Waals surface area contributed by atoms with Crippen LogP contribution in [0.15, 0.2) is 28.7 Å². The Bertz CT molecular complexity index is 722. The first-order chi connectivity index (χ1) is 10.4. The second-order valence-electron chi connectivity index (χ2n) is 6.92. The first kappa shape index (κ1) is 14.9. The molecule has 1 aromatic carbocycles. The number of carbonyl (C=O) groups is 1. The molecule has 0 unspecified atom stereocenters. The molecule has 0 spiro atoms. The van der Waals surface area contributed by atoms with E-state index in [9.17, 15) is 4.79 Å². The van der Waals surface area contributed by atoms with Crippen molar-refractivity contribution in [3.63, 3.8) is 0 Å². The van der Waals surface area contributed by atoms with E-state index >= 15 is 0 Å². The summed E-state index contributed by atoms with van der Waals surface area (Å²) in [7, 11) is 0. The minimum absolute atomic E-state index is 0.00550. The highest BCUT2D eigenvalue weighted by Gasteiger charge is 2.28. The fourth-order valence-corrected chi connectivity index (χ4v) is 3.47. The lowest BCUT2D eigenvalue weighted by molar-refractivity contribution is 0.0660. The normalized spacial score (nSPS) is 16.3. The van der Waals surface area contributed by atoms with Crippen molar-refractivity contribution >= 4 is 5.97 Å². The van der Waals surface area contributed by atoms with Gasteiger partial charge in [0.25, 0.3) is 0 Å². The summed E-state index contributed by atoms with van der Waals surface area (Å²) >= 11 is 0. The van der Waals surface area contributed by atoms with E-state index in [-0.39, 0.29) is 11.2 Å². The first-order valence-corrected chi connectivity index (χ1v) is 7.82. The number of furan rings is 1. The number of fused-ring (bicyclic) bond motifs is 1. The zero-order valence-corrected chi connectivity index (χ0v) is 13.4. The molecule has 0 saturated carbocycles. The Morgan fingerprint density at radius 1 is 1.32 bits per heavy atom. The molecule has 22 heavy (non-hydrogen) atoms. The van der Waals surface area contributed by atoms with Crippen LogP contribution in [-0.2, 0) is 18.3 Å². The van der Waals surface area contributed by atoms with Gasteiger partial charge >= 0.3 is 5.97 Å². The van der Waals surface area contributed by atoms with E-state index in [1.165, 1.54) is 41.2 Å². The van der Waals surface area contributed by atoms with Gasteiger partial charge in [0.05, 0.1) is 0 Å². The predicted molar refractivity (Wildman–Crippen MR) is 85.6 cm³/mol. The third-order valence-electron chi connectivity index (χ3n) is 4.78. The van der Waals surface area contributed by atoms with Gasteiger partial charge in [0, 0.05) is 6.42 Å². The fourth-order valence-electron chi connectivity index (χ4n) is 3.47. The van der Waals surface area contributed by atoms with Gasteiger partial charge < -0.3 is 9.52 Å². The predicted octanol–water partition coefficient (Wildman–Crippen LogP) is 4.49. The van der Waals surface area contributed by atoms with Gasteiger partial charge in [-0.3, -0.25) is 0 Å². The summed E-state index contributed by atoms with van der Waals surface area (Å²) in [6.45, 7) is 6.73. The van der Waals surface area contributed by atoms with Crippen LogP contribution in [0.1, 0.15) is 65.3 Å². The molecular formula is C19H22O3. The van der Waals surface area contributed by atoms with Crippen molar-refractivity contribution in [2.24, 2.45) is 0 Å². The SMILES string of the molecule is Cc1cc2c(cc1Cc1ccc(C(=O)O)o1)C(C)(C)CCC2. The second kappa shape index (κ2) is 5.31. The van der Waals surface area contributed by atoms with Crippen molar-refractivity contribution < 1.29 is 14.3 Å². The van der Waals surface area contributed by atoms with Gasteiger partial charge in [0.1, 0.15) is 5.76 Å². The van der Waals surface area contributed by atoms with Crippen molar-refractivity contribution in [1.29, 1.82) is 0 Å². The molecule has 2 aromatic rings.